The maximum atomic E-state index is 12.8. The Morgan fingerprint density at radius 3 is 0.955 bits per heavy atom. The van der Waals surface area contributed by atoms with Gasteiger partial charge in [0.15, 0.2) is 6.10 Å². The second-order valence-electron chi connectivity index (χ2n) is 17.7. The molecule has 66 heavy (non-hydrogen) atoms. The van der Waals surface area contributed by atoms with Crippen LogP contribution in [0.5, 0.6) is 0 Å². The SMILES string of the molecule is CC/C=C\C/C=C\C/C=C\C/C=C\CCCCCCCCC(=O)OCC(COC(=O)CCCCC/C=C\CCCCCCCC)OC(=O)CCCCCCCC/C=C\C/C=C\C/C=C\CC. The third-order valence-corrected chi connectivity index (χ3v) is 11.3. The molecular formula is C60H100O6. The van der Waals surface area contributed by atoms with Crippen LogP contribution in [0.15, 0.2) is 97.2 Å². The minimum absolute atomic E-state index is 0.0960. The van der Waals surface area contributed by atoms with E-state index in [2.05, 4.69) is 118 Å². The molecule has 0 saturated heterocycles. The van der Waals surface area contributed by atoms with Crippen LogP contribution in [0, 0.1) is 0 Å². The fourth-order valence-electron chi connectivity index (χ4n) is 7.27. The number of carbonyl (C=O) groups is 3. The highest BCUT2D eigenvalue weighted by atomic mass is 16.6. The Balaban J connectivity index is 4.44. The molecule has 0 amide bonds. The number of hydrogen-bond donors (Lipinski definition) is 0. The van der Waals surface area contributed by atoms with Crippen molar-refractivity contribution in [1.82, 2.24) is 0 Å². The van der Waals surface area contributed by atoms with Gasteiger partial charge < -0.3 is 14.2 Å². The molecule has 0 bridgehead atoms. The van der Waals surface area contributed by atoms with E-state index in [1.807, 2.05) is 0 Å². The standard InChI is InChI=1S/C60H100O6/c1-4-7-10-13-16-19-22-25-27-29-30-31-33-35-38-41-44-47-50-53-59(62)65-56-57(55-64-58(61)52-49-46-43-40-37-34-24-21-18-15-12-9-6-3)66-60(63)54-51-48-45-42-39-36-32-28-26-23-20-17-14-11-8-5-2/h7-8,10-11,16-17,19-20,25-28,30-31,34,37,57H,4-6,9,12-15,18,21-24,29,32-33,35-36,38-56H2,1-3H3/b10-7-,11-8-,19-16-,20-17-,27-25-,28-26-,31-30-,37-34-. The minimum Gasteiger partial charge on any atom is -0.462 e. The molecule has 0 aromatic heterocycles. The van der Waals surface area contributed by atoms with E-state index in [1.54, 1.807) is 0 Å². The second-order valence-corrected chi connectivity index (χ2v) is 17.7. The first-order chi connectivity index (χ1) is 32.5. The fourth-order valence-corrected chi connectivity index (χ4v) is 7.27. The normalized spacial score (nSPS) is 12.8. The van der Waals surface area contributed by atoms with Gasteiger partial charge in [0.1, 0.15) is 13.2 Å². The molecule has 0 saturated carbocycles. The van der Waals surface area contributed by atoms with Gasteiger partial charge in [-0.3, -0.25) is 14.4 Å². The molecule has 0 heterocycles. The minimum atomic E-state index is -0.797. The maximum Gasteiger partial charge on any atom is 0.306 e. The summed E-state index contributed by atoms with van der Waals surface area (Å²) in [5.74, 6) is -0.938. The number of unbranched alkanes of at least 4 members (excludes halogenated alkanes) is 21. The zero-order chi connectivity index (χ0) is 47.9. The largest absolute Gasteiger partial charge is 0.462 e. The van der Waals surface area contributed by atoms with Crippen molar-refractivity contribution in [2.24, 2.45) is 0 Å². The van der Waals surface area contributed by atoms with Crippen molar-refractivity contribution in [3.8, 4) is 0 Å². The van der Waals surface area contributed by atoms with E-state index >= 15 is 0 Å². The van der Waals surface area contributed by atoms with Gasteiger partial charge in [-0.05, 0) is 116 Å². The smallest absolute Gasteiger partial charge is 0.306 e. The molecule has 0 aliphatic heterocycles. The van der Waals surface area contributed by atoms with Crippen LogP contribution in [0.2, 0.25) is 0 Å². The molecule has 0 rings (SSSR count). The topological polar surface area (TPSA) is 78.9 Å². The van der Waals surface area contributed by atoms with Gasteiger partial charge in [-0.2, -0.15) is 0 Å². The second kappa shape index (κ2) is 53.9. The van der Waals surface area contributed by atoms with Crippen LogP contribution in [0.4, 0.5) is 0 Å². The molecule has 6 heteroatoms. The van der Waals surface area contributed by atoms with E-state index < -0.39 is 6.10 Å². The Morgan fingerprint density at radius 2 is 0.591 bits per heavy atom. The molecule has 0 aliphatic carbocycles. The van der Waals surface area contributed by atoms with Crippen molar-refractivity contribution in [2.75, 3.05) is 13.2 Å². The van der Waals surface area contributed by atoms with Gasteiger partial charge in [0.2, 0.25) is 0 Å². The predicted molar refractivity (Wildman–Crippen MR) is 284 cm³/mol. The summed E-state index contributed by atoms with van der Waals surface area (Å²) in [7, 11) is 0. The predicted octanol–water partition coefficient (Wildman–Crippen LogP) is 18.1. The fraction of sp³-hybridized carbons (Fsp3) is 0.683. The molecule has 1 atom stereocenters. The van der Waals surface area contributed by atoms with Crippen molar-refractivity contribution in [2.45, 2.75) is 252 Å². The van der Waals surface area contributed by atoms with Gasteiger partial charge in [0.05, 0.1) is 0 Å². The van der Waals surface area contributed by atoms with Crippen LogP contribution in [-0.2, 0) is 28.6 Å². The highest BCUT2D eigenvalue weighted by molar-refractivity contribution is 5.71. The van der Waals surface area contributed by atoms with E-state index in [4.69, 9.17) is 14.2 Å². The summed E-state index contributed by atoms with van der Waals surface area (Å²) in [6, 6.07) is 0. The first-order valence-electron chi connectivity index (χ1n) is 27.2. The Hall–Kier alpha value is -3.67. The Morgan fingerprint density at radius 1 is 0.318 bits per heavy atom. The van der Waals surface area contributed by atoms with E-state index in [0.29, 0.717) is 19.3 Å². The van der Waals surface area contributed by atoms with E-state index in [0.717, 1.165) is 141 Å². The lowest BCUT2D eigenvalue weighted by Crippen LogP contribution is -2.30. The van der Waals surface area contributed by atoms with Crippen molar-refractivity contribution in [3.05, 3.63) is 97.2 Å². The molecule has 1 unspecified atom stereocenters. The van der Waals surface area contributed by atoms with Crippen LogP contribution < -0.4 is 0 Å². The molecule has 0 aromatic carbocycles. The van der Waals surface area contributed by atoms with Crippen LogP contribution in [0.25, 0.3) is 0 Å². The Bertz CT molecular complexity index is 1330. The van der Waals surface area contributed by atoms with E-state index in [-0.39, 0.29) is 31.1 Å². The van der Waals surface area contributed by atoms with Gasteiger partial charge in [0.25, 0.3) is 0 Å². The van der Waals surface area contributed by atoms with E-state index in [1.165, 1.54) is 64.2 Å². The third kappa shape index (κ3) is 51.3. The molecule has 0 spiro atoms. The Labute approximate surface area is 407 Å². The molecule has 0 fully saturated rings. The lowest BCUT2D eigenvalue weighted by molar-refractivity contribution is -0.167. The molecule has 0 radical (unpaired) electrons. The molecule has 376 valence electrons. The summed E-state index contributed by atoms with van der Waals surface area (Å²) in [5.41, 5.74) is 0. The van der Waals surface area contributed by atoms with Gasteiger partial charge in [-0.15, -0.1) is 0 Å². The quantitative estimate of drug-likeness (QED) is 0.0262. The number of hydrogen-bond acceptors (Lipinski definition) is 6. The highest BCUT2D eigenvalue weighted by Gasteiger charge is 2.19. The van der Waals surface area contributed by atoms with Crippen LogP contribution in [-0.4, -0.2) is 37.2 Å². The number of esters is 3. The number of allylic oxidation sites excluding steroid dienone is 16. The lowest BCUT2D eigenvalue weighted by Gasteiger charge is -2.18. The summed E-state index contributed by atoms with van der Waals surface area (Å²) < 4.78 is 16.8. The molecule has 6 nitrogen and oxygen atoms in total. The summed E-state index contributed by atoms with van der Waals surface area (Å²) in [6.45, 7) is 6.37. The zero-order valence-electron chi connectivity index (χ0n) is 42.9. The lowest BCUT2D eigenvalue weighted by atomic mass is 10.1. The third-order valence-electron chi connectivity index (χ3n) is 11.3. The van der Waals surface area contributed by atoms with Crippen molar-refractivity contribution in [3.63, 3.8) is 0 Å². The van der Waals surface area contributed by atoms with Gasteiger partial charge >= 0.3 is 17.9 Å². The van der Waals surface area contributed by atoms with Crippen LogP contribution in [0.1, 0.15) is 245 Å². The zero-order valence-corrected chi connectivity index (χ0v) is 42.9. The summed E-state index contributed by atoms with van der Waals surface area (Å²) in [5, 5.41) is 0. The number of carbonyl (C=O) groups excluding carboxylic acids is 3. The Kier molecular flexibility index (Phi) is 50.9. The van der Waals surface area contributed by atoms with Gasteiger partial charge in [-0.1, -0.05) is 208 Å². The number of rotatable bonds is 48. The summed E-state index contributed by atoms with van der Waals surface area (Å²) >= 11 is 0. The van der Waals surface area contributed by atoms with Crippen LogP contribution >= 0.6 is 0 Å². The van der Waals surface area contributed by atoms with Crippen molar-refractivity contribution >= 4 is 17.9 Å². The average Bonchev–Trinajstić information content (AvgIpc) is 3.31. The van der Waals surface area contributed by atoms with E-state index in [9.17, 15) is 14.4 Å². The first-order valence-corrected chi connectivity index (χ1v) is 27.2. The molecule has 0 aromatic rings. The highest BCUT2D eigenvalue weighted by Crippen LogP contribution is 2.14. The maximum absolute atomic E-state index is 12.8. The first kappa shape index (κ1) is 62.3. The van der Waals surface area contributed by atoms with Crippen molar-refractivity contribution < 1.29 is 28.6 Å². The monoisotopic (exact) mass is 917 g/mol. The molecular weight excluding hydrogens is 817 g/mol. The average molecular weight is 917 g/mol. The van der Waals surface area contributed by atoms with Crippen molar-refractivity contribution in [1.29, 1.82) is 0 Å². The summed E-state index contributed by atoms with van der Waals surface area (Å²) in [6.07, 6.45) is 71.0. The van der Waals surface area contributed by atoms with Gasteiger partial charge in [-0.25, -0.2) is 0 Å². The summed E-state index contributed by atoms with van der Waals surface area (Å²) in [4.78, 5) is 38.1. The van der Waals surface area contributed by atoms with Crippen LogP contribution in [0.3, 0.4) is 0 Å². The molecule has 0 aliphatic rings. The van der Waals surface area contributed by atoms with Gasteiger partial charge in [0, 0.05) is 19.3 Å². The molecule has 0 N–H and O–H groups in total. The number of ether oxygens (including phenoxy) is 3.